The maximum absolute atomic E-state index is 12.6. The quantitative estimate of drug-likeness (QED) is 0.908. The van der Waals surface area contributed by atoms with Gasteiger partial charge in [0.15, 0.2) is 5.76 Å². The van der Waals surface area contributed by atoms with E-state index in [1.807, 2.05) is 11.0 Å². The Bertz CT molecular complexity index is 462. The van der Waals surface area contributed by atoms with Crippen LogP contribution in [0.3, 0.4) is 0 Å². The van der Waals surface area contributed by atoms with E-state index in [1.165, 1.54) is 12.8 Å². The monoisotopic (exact) mass is 303 g/mol. The SMILES string of the molecule is FC(F)(F)C1CCN(Cc2cc(CNC3CC3)no2)CC1. The minimum absolute atomic E-state index is 0.174. The first-order valence-electron chi connectivity index (χ1n) is 7.47. The molecular formula is C14H20F3N3O. The highest BCUT2D eigenvalue weighted by Crippen LogP contribution is 2.34. The van der Waals surface area contributed by atoms with E-state index in [1.54, 1.807) is 0 Å². The molecule has 0 amide bonds. The number of halogens is 3. The van der Waals surface area contributed by atoms with E-state index in [9.17, 15) is 13.2 Å². The molecule has 1 N–H and O–H groups in total. The van der Waals surface area contributed by atoms with Gasteiger partial charge in [0.1, 0.15) is 0 Å². The van der Waals surface area contributed by atoms with Crippen molar-refractivity contribution in [1.29, 1.82) is 0 Å². The molecule has 7 heteroatoms. The molecule has 118 valence electrons. The Labute approximate surface area is 121 Å². The highest BCUT2D eigenvalue weighted by Gasteiger charge is 2.41. The highest BCUT2D eigenvalue weighted by molar-refractivity contribution is 5.06. The van der Waals surface area contributed by atoms with Crippen molar-refractivity contribution < 1.29 is 17.7 Å². The summed E-state index contributed by atoms with van der Waals surface area (Å²) in [6.45, 7) is 2.16. The summed E-state index contributed by atoms with van der Waals surface area (Å²) in [4.78, 5) is 2.00. The van der Waals surface area contributed by atoms with Crippen molar-refractivity contribution in [2.75, 3.05) is 13.1 Å². The molecule has 0 bridgehead atoms. The minimum atomic E-state index is -4.06. The summed E-state index contributed by atoms with van der Waals surface area (Å²) in [5.41, 5.74) is 0.863. The van der Waals surface area contributed by atoms with Gasteiger partial charge in [0, 0.05) is 18.7 Å². The molecule has 0 atom stereocenters. The Morgan fingerprint density at radius 1 is 1.24 bits per heavy atom. The standard InChI is InChI=1S/C14H20F3N3O/c15-14(16,17)10-3-5-20(6-4-10)9-13-7-12(19-21-13)8-18-11-1-2-11/h7,10-11,18H,1-6,8-9H2. The molecule has 1 saturated heterocycles. The number of hydrogen-bond acceptors (Lipinski definition) is 4. The van der Waals surface area contributed by atoms with Gasteiger partial charge >= 0.3 is 6.18 Å². The molecule has 0 radical (unpaired) electrons. The Hall–Kier alpha value is -1.08. The maximum atomic E-state index is 12.6. The Balaban J connectivity index is 1.44. The number of aromatic nitrogens is 1. The number of nitrogens with one attached hydrogen (secondary N) is 1. The van der Waals surface area contributed by atoms with Crippen molar-refractivity contribution in [2.45, 2.75) is 51.0 Å². The summed E-state index contributed by atoms with van der Waals surface area (Å²) in [6, 6.07) is 2.51. The third kappa shape index (κ3) is 4.20. The van der Waals surface area contributed by atoms with Gasteiger partial charge in [0.2, 0.25) is 0 Å². The number of nitrogens with zero attached hydrogens (tertiary/aromatic N) is 2. The van der Waals surface area contributed by atoms with Gasteiger partial charge in [-0.3, -0.25) is 4.90 Å². The molecule has 2 heterocycles. The first kappa shape index (κ1) is 14.8. The predicted molar refractivity (Wildman–Crippen MR) is 70.4 cm³/mol. The Morgan fingerprint density at radius 3 is 2.57 bits per heavy atom. The third-order valence-electron chi connectivity index (χ3n) is 4.19. The van der Waals surface area contributed by atoms with Gasteiger partial charge in [-0.15, -0.1) is 0 Å². The fraction of sp³-hybridized carbons (Fsp3) is 0.786. The van der Waals surface area contributed by atoms with Gasteiger partial charge < -0.3 is 9.84 Å². The van der Waals surface area contributed by atoms with Crippen LogP contribution in [0.4, 0.5) is 13.2 Å². The van der Waals surface area contributed by atoms with Crippen molar-refractivity contribution in [2.24, 2.45) is 5.92 Å². The molecule has 0 unspecified atom stereocenters. The zero-order chi connectivity index (χ0) is 14.9. The first-order valence-corrected chi connectivity index (χ1v) is 7.47. The van der Waals surface area contributed by atoms with Crippen LogP contribution >= 0.6 is 0 Å². The van der Waals surface area contributed by atoms with Crippen molar-refractivity contribution >= 4 is 0 Å². The van der Waals surface area contributed by atoms with E-state index >= 15 is 0 Å². The minimum Gasteiger partial charge on any atom is -0.360 e. The summed E-state index contributed by atoms with van der Waals surface area (Å²) in [6.07, 6.45) is -1.26. The van der Waals surface area contributed by atoms with E-state index < -0.39 is 12.1 Å². The zero-order valence-corrected chi connectivity index (χ0v) is 11.8. The number of hydrogen-bond donors (Lipinski definition) is 1. The molecule has 21 heavy (non-hydrogen) atoms. The molecule has 1 aliphatic carbocycles. The van der Waals surface area contributed by atoms with Gasteiger partial charge in [-0.05, 0) is 38.8 Å². The van der Waals surface area contributed by atoms with Crippen molar-refractivity contribution in [3.05, 3.63) is 17.5 Å². The molecule has 2 fully saturated rings. The van der Waals surface area contributed by atoms with Crippen LogP contribution in [0.5, 0.6) is 0 Å². The summed E-state index contributed by atoms with van der Waals surface area (Å²) < 4.78 is 43.1. The fourth-order valence-electron chi connectivity index (χ4n) is 2.69. The molecule has 1 aromatic rings. The van der Waals surface area contributed by atoms with Crippen LogP contribution in [0, 0.1) is 5.92 Å². The zero-order valence-electron chi connectivity index (χ0n) is 11.8. The van der Waals surface area contributed by atoms with Crippen LogP contribution in [0.25, 0.3) is 0 Å². The summed E-state index contributed by atoms with van der Waals surface area (Å²) in [5.74, 6) is -0.421. The van der Waals surface area contributed by atoms with E-state index in [4.69, 9.17) is 4.52 Å². The van der Waals surface area contributed by atoms with Crippen molar-refractivity contribution in [1.82, 2.24) is 15.4 Å². The summed E-state index contributed by atoms with van der Waals surface area (Å²) in [5, 5.41) is 7.34. The summed E-state index contributed by atoms with van der Waals surface area (Å²) >= 11 is 0. The number of likely N-dealkylation sites (tertiary alicyclic amines) is 1. The van der Waals surface area contributed by atoms with Crippen LogP contribution in [0.15, 0.2) is 10.6 Å². The number of alkyl halides is 3. The normalized spacial score (nSPS) is 21.9. The lowest BCUT2D eigenvalue weighted by Gasteiger charge is -2.32. The van der Waals surface area contributed by atoms with Crippen LogP contribution in [-0.4, -0.2) is 35.4 Å². The molecule has 0 spiro atoms. The van der Waals surface area contributed by atoms with Gasteiger partial charge in [-0.25, -0.2) is 0 Å². The Morgan fingerprint density at radius 2 is 1.95 bits per heavy atom. The fourth-order valence-corrected chi connectivity index (χ4v) is 2.69. The lowest BCUT2D eigenvalue weighted by molar-refractivity contribution is -0.185. The molecule has 1 saturated carbocycles. The second kappa shape index (κ2) is 5.96. The van der Waals surface area contributed by atoms with Crippen LogP contribution in [0.1, 0.15) is 37.1 Å². The van der Waals surface area contributed by atoms with Crippen molar-refractivity contribution in [3.63, 3.8) is 0 Å². The van der Waals surface area contributed by atoms with Gasteiger partial charge in [-0.1, -0.05) is 5.16 Å². The third-order valence-corrected chi connectivity index (χ3v) is 4.19. The van der Waals surface area contributed by atoms with Crippen LogP contribution < -0.4 is 5.32 Å². The second-order valence-corrected chi connectivity index (χ2v) is 6.03. The average molecular weight is 303 g/mol. The molecule has 4 nitrogen and oxygen atoms in total. The van der Waals surface area contributed by atoms with Gasteiger partial charge in [-0.2, -0.15) is 13.2 Å². The molecular weight excluding hydrogens is 283 g/mol. The van der Waals surface area contributed by atoms with Gasteiger partial charge in [0.05, 0.1) is 18.2 Å². The first-order chi connectivity index (χ1) is 10.0. The number of rotatable bonds is 5. The predicted octanol–water partition coefficient (Wildman–Crippen LogP) is 2.70. The van der Waals surface area contributed by atoms with Crippen molar-refractivity contribution in [3.8, 4) is 0 Å². The molecule has 1 aliphatic heterocycles. The van der Waals surface area contributed by atoms with E-state index in [2.05, 4.69) is 10.5 Å². The molecule has 2 aliphatic rings. The van der Waals surface area contributed by atoms with E-state index in [0.717, 1.165) is 11.5 Å². The van der Waals surface area contributed by atoms with Gasteiger partial charge in [0.25, 0.3) is 0 Å². The molecule has 0 aromatic carbocycles. The lowest BCUT2D eigenvalue weighted by Crippen LogP contribution is -2.38. The summed E-state index contributed by atoms with van der Waals surface area (Å²) in [7, 11) is 0. The van der Waals surface area contributed by atoms with Crippen LogP contribution in [0.2, 0.25) is 0 Å². The van der Waals surface area contributed by atoms with E-state index in [0.29, 0.717) is 32.2 Å². The lowest BCUT2D eigenvalue weighted by atomic mass is 9.96. The number of piperidine rings is 1. The molecule has 1 aromatic heterocycles. The highest BCUT2D eigenvalue weighted by atomic mass is 19.4. The smallest absolute Gasteiger partial charge is 0.360 e. The van der Waals surface area contributed by atoms with E-state index in [-0.39, 0.29) is 12.8 Å². The molecule has 3 rings (SSSR count). The average Bonchev–Trinajstić information content (AvgIpc) is 3.16. The van der Waals surface area contributed by atoms with Crippen LogP contribution in [-0.2, 0) is 13.1 Å². The second-order valence-electron chi connectivity index (χ2n) is 6.03. The Kier molecular flexibility index (Phi) is 4.21. The largest absolute Gasteiger partial charge is 0.391 e. The topological polar surface area (TPSA) is 41.3 Å². The maximum Gasteiger partial charge on any atom is 0.391 e.